The summed E-state index contributed by atoms with van der Waals surface area (Å²) in [5.41, 5.74) is 3.88. The van der Waals surface area contributed by atoms with Gasteiger partial charge in [0.05, 0.1) is 16.2 Å². The highest BCUT2D eigenvalue weighted by Crippen LogP contribution is 2.56. The third-order valence-corrected chi connectivity index (χ3v) is 17.9. The van der Waals surface area contributed by atoms with E-state index in [-0.39, 0.29) is 31.5 Å². The normalized spacial score (nSPS) is 29.5. The highest BCUT2D eigenvalue weighted by molar-refractivity contribution is 6.34. The molecule has 14 rings (SSSR count). The lowest BCUT2D eigenvalue weighted by Crippen LogP contribution is -2.47. The number of nitrogens with one attached hydrogen (secondary N) is 2. The van der Waals surface area contributed by atoms with E-state index in [4.69, 9.17) is 79.6 Å². The maximum absolute atomic E-state index is 11.2. The Labute approximate surface area is 547 Å². The quantitative estimate of drug-likeness (QED) is 0.0429. The number of fused-ring (bicyclic) bond motifs is 5. The zero-order valence-corrected chi connectivity index (χ0v) is 52.8. The van der Waals surface area contributed by atoms with Crippen LogP contribution in [0.4, 0.5) is 11.6 Å². The number of aromatic nitrogens is 9. The van der Waals surface area contributed by atoms with Crippen LogP contribution in [-0.4, -0.2) is 145 Å². The summed E-state index contributed by atoms with van der Waals surface area (Å²) >= 11 is 24.1. The van der Waals surface area contributed by atoms with Crippen LogP contribution in [0.25, 0.3) is 33.1 Å². The van der Waals surface area contributed by atoms with Gasteiger partial charge in [0, 0.05) is 33.7 Å². The predicted molar refractivity (Wildman–Crippen MR) is 337 cm³/mol. The molecule has 5 saturated heterocycles. The van der Waals surface area contributed by atoms with Gasteiger partial charge in [0.15, 0.2) is 41.9 Å². The second-order valence-corrected chi connectivity index (χ2v) is 25.3. The van der Waals surface area contributed by atoms with E-state index in [1.54, 1.807) is 102 Å². The van der Waals surface area contributed by atoms with Crippen LogP contribution in [0.2, 0.25) is 20.2 Å². The van der Waals surface area contributed by atoms with Gasteiger partial charge < -0.3 is 72.4 Å². The minimum Gasteiger partial charge on any atom is -0.386 e. The summed E-state index contributed by atoms with van der Waals surface area (Å²) in [6.45, 7) is 12.6. The molecule has 25 nitrogen and oxygen atoms in total. The molecule has 3 aromatic carbocycles. The van der Waals surface area contributed by atoms with E-state index in [9.17, 15) is 35.9 Å². The molecule has 486 valence electrons. The summed E-state index contributed by atoms with van der Waals surface area (Å²) in [6.07, 6.45) is -0.984. The Kier molecular flexibility index (Phi) is 19.2. The molecule has 5 aliphatic heterocycles. The van der Waals surface area contributed by atoms with Crippen molar-refractivity contribution >= 4 is 104 Å². The highest BCUT2D eigenvalue weighted by atomic mass is 35.5. The van der Waals surface area contributed by atoms with Crippen LogP contribution in [0.15, 0.2) is 129 Å². The Hall–Kier alpha value is -5.99. The molecule has 0 aliphatic carbocycles. The molecular formula is C61H68Cl5N11O14. The lowest BCUT2D eigenvalue weighted by molar-refractivity contribution is -0.223. The molecule has 30 heteroatoms. The van der Waals surface area contributed by atoms with Gasteiger partial charge in [-0.3, -0.25) is 21.4 Å². The topological polar surface area (TPSA) is 322 Å². The van der Waals surface area contributed by atoms with Crippen LogP contribution in [0.5, 0.6) is 0 Å². The number of rotatable bonds is 11. The van der Waals surface area contributed by atoms with Crippen LogP contribution in [0.1, 0.15) is 110 Å². The lowest BCUT2D eigenvalue weighted by atomic mass is 9.88. The van der Waals surface area contributed by atoms with Crippen molar-refractivity contribution in [2.45, 2.75) is 158 Å². The molecule has 6 aromatic heterocycles. The van der Waals surface area contributed by atoms with Gasteiger partial charge in [-0.05, 0) is 120 Å². The van der Waals surface area contributed by atoms with Gasteiger partial charge in [0.2, 0.25) is 0 Å². The largest absolute Gasteiger partial charge is 0.386 e. The molecule has 0 spiro atoms. The summed E-state index contributed by atoms with van der Waals surface area (Å²) in [7, 11) is 0. The molecule has 0 saturated carbocycles. The van der Waals surface area contributed by atoms with Gasteiger partial charge in [0.25, 0.3) is 0 Å². The number of anilines is 2. The first-order valence-electron chi connectivity index (χ1n) is 28.1. The first kappa shape index (κ1) is 67.9. The van der Waals surface area contributed by atoms with Crippen molar-refractivity contribution in [2.24, 2.45) is 0 Å². The van der Waals surface area contributed by atoms with E-state index in [2.05, 4.69) is 35.4 Å². The molecule has 15 atom stereocenters. The Morgan fingerprint density at radius 3 is 1.19 bits per heavy atom. The van der Waals surface area contributed by atoms with E-state index in [0.717, 1.165) is 0 Å². The predicted octanol–water partition coefficient (Wildman–Crippen LogP) is 10.4. The summed E-state index contributed by atoms with van der Waals surface area (Å²) in [5, 5.41) is 77.3. The fraction of sp³-hybridized carbons (Fsp3) is 0.410. The fourth-order valence-electron chi connectivity index (χ4n) is 12.7. The Bertz CT molecular complexity index is 4040. The minimum atomic E-state index is -1.74. The number of nitrogens with zero attached hydrogens (tertiary/aromatic N) is 9. The van der Waals surface area contributed by atoms with Crippen molar-refractivity contribution in [2.75, 3.05) is 11.0 Å². The van der Waals surface area contributed by atoms with Crippen LogP contribution in [-0.2, 0) is 33.2 Å². The first-order valence-corrected chi connectivity index (χ1v) is 29.6. The second-order valence-electron chi connectivity index (χ2n) is 23.7. The zero-order chi connectivity index (χ0) is 63.3. The van der Waals surface area contributed by atoms with Gasteiger partial charge in [-0.1, -0.05) is 90.2 Å². The average molecular weight is 1360 g/mol. The summed E-state index contributed by atoms with van der Waals surface area (Å²) in [4.78, 5) is 24.9. The molecule has 0 amide bonds. The van der Waals surface area contributed by atoms with Crippen LogP contribution >= 0.6 is 58.8 Å². The molecule has 0 bridgehead atoms. The number of halogens is 5. The number of hydrogen-bond acceptors (Lipinski definition) is 22. The van der Waals surface area contributed by atoms with Crippen molar-refractivity contribution in [3.05, 3.63) is 165 Å². The van der Waals surface area contributed by atoms with Gasteiger partial charge in [-0.2, -0.15) is 0 Å². The maximum atomic E-state index is 11.2. The molecule has 5 aliphatic rings. The first-order chi connectivity index (χ1) is 42.3. The molecule has 5 fully saturated rings. The molecule has 9 aromatic rings. The smallest absolute Gasteiger partial charge is 0.165 e. The summed E-state index contributed by atoms with van der Waals surface area (Å²) < 4.78 is 48.9. The van der Waals surface area contributed by atoms with Crippen LogP contribution < -0.4 is 11.0 Å². The van der Waals surface area contributed by atoms with Gasteiger partial charge in [-0.15, -0.1) is 12.4 Å². The lowest BCUT2D eigenvalue weighted by Gasteiger charge is -2.32. The molecule has 0 radical (unpaired) electrons. The van der Waals surface area contributed by atoms with Crippen LogP contribution in [0.3, 0.4) is 0 Å². The van der Waals surface area contributed by atoms with E-state index in [1.807, 2.05) is 63.9 Å². The van der Waals surface area contributed by atoms with Gasteiger partial charge >= 0.3 is 0 Å². The monoisotopic (exact) mass is 1350 g/mol. The Balaban J connectivity index is 0.000000148. The van der Waals surface area contributed by atoms with E-state index >= 15 is 0 Å². The third kappa shape index (κ3) is 12.2. The van der Waals surface area contributed by atoms with Crippen molar-refractivity contribution in [1.29, 1.82) is 0 Å². The van der Waals surface area contributed by atoms with Crippen molar-refractivity contribution < 1.29 is 69.1 Å². The molecule has 91 heavy (non-hydrogen) atoms. The number of aliphatic hydroxyl groups excluding tert-OH is 4. The van der Waals surface area contributed by atoms with E-state index in [0.29, 0.717) is 70.0 Å². The number of ether oxygens (including phenoxy) is 7. The average Bonchev–Trinajstić information content (AvgIpc) is 1.57. The maximum Gasteiger partial charge on any atom is 0.165 e. The molecule has 9 N–H and O–H groups in total. The Morgan fingerprint density at radius 2 is 0.802 bits per heavy atom. The van der Waals surface area contributed by atoms with Gasteiger partial charge in [-0.25, -0.2) is 29.9 Å². The number of benzene rings is 3. The van der Waals surface area contributed by atoms with Crippen molar-refractivity contribution in [3.63, 3.8) is 0 Å². The summed E-state index contributed by atoms with van der Waals surface area (Å²) in [6, 6.07) is 25.8. The van der Waals surface area contributed by atoms with Crippen LogP contribution in [0, 0.1) is 0 Å². The standard InChI is InChI=1S/C21H21Cl2N3O4.C21H23ClN4O5.C18H19ClN4O5.CH4.ClH/c1-20(2)29-16-19(26-9-8-13-17(23)24-10-25-18(13)26)28-15(21(16,3)30-20)14(27)11-4-6-12(22)7-5-11;1-20(2)30-16-19(26-9-8-13-17(25-28)23-10-24-18(13)26)29-15(21(16,3)31-20)14(27)11-4-6-12(22)7-5-11;1-18(26)13(25)17(23-7-6-11-15(22-27)20-8-21-16(11)23)28-14(18)12(24)9-2-4-10(19)5-3-9;;/h4-10,14-16,19,27H,1-3H3;4-10,14-16,19,27-28H,1-3H3,(H,23,24,25);2-8,12-14,17,24-27H,1H3,(H,20,21,22);1H4;1H/t2*14-,15-,16+,19-,21-;12-,13+,14-,17-,18+;;/m111../s1. The van der Waals surface area contributed by atoms with Gasteiger partial charge in [0.1, 0.15) is 113 Å². The zero-order valence-electron chi connectivity index (χ0n) is 49.0. The highest BCUT2D eigenvalue weighted by Gasteiger charge is 2.67. The number of aliphatic hydroxyl groups is 5. The second kappa shape index (κ2) is 25.7. The molecule has 0 unspecified atom stereocenters. The summed E-state index contributed by atoms with van der Waals surface area (Å²) in [5.74, 6) is -1.23. The molecule has 11 heterocycles. The van der Waals surface area contributed by atoms with Crippen molar-refractivity contribution in [3.8, 4) is 0 Å². The molecular weight excluding hydrogens is 1290 g/mol. The van der Waals surface area contributed by atoms with E-state index < -0.39 is 102 Å². The van der Waals surface area contributed by atoms with Crippen molar-refractivity contribution in [1.82, 2.24) is 43.6 Å². The van der Waals surface area contributed by atoms with E-state index in [1.165, 1.54) is 30.5 Å². The SMILES string of the molecule is C.CC1(C)O[C@H]2[C@H](n3ccc4c(Cl)ncnc43)O[C@H]([C@H](O)c3ccc(Cl)cc3)[C@@]2(C)O1.CC1(C)O[C@H]2[C@H](n3ccc4c(NO)ncnc43)O[C@H]([C@H](O)c3ccc(Cl)cc3)[C@@]2(C)O1.C[C@@]1(O)[C@@H]([C@H](O)c2ccc(Cl)cc2)O[C@@H](n2ccc3c(NO)ncnc32)[C@@H]1O.Cl. The number of hydrogen-bond donors (Lipinski definition) is 9. The Morgan fingerprint density at radius 1 is 0.473 bits per heavy atom. The minimum absolute atomic E-state index is 0. The third-order valence-electron chi connectivity index (χ3n) is 16.8. The fourth-order valence-corrected chi connectivity index (χ4v) is 13.3.